The molecule has 1 saturated heterocycles. The molecule has 3 heteroatoms. The van der Waals surface area contributed by atoms with E-state index in [-0.39, 0.29) is 0 Å². The lowest BCUT2D eigenvalue weighted by Crippen LogP contribution is -2.44. The average molecular weight is 212 g/mol. The maximum atomic E-state index is 9.29. The van der Waals surface area contributed by atoms with Gasteiger partial charge in [0.25, 0.3) is 0 Å². The quantitative estimate of drug-likeness (QED) is 0.730. The van der Waals surface area contributed by atoms with Crippen molar-refractivity contribution in [2.24, 2.45) is 11.1 Å². The Morgan fingerprint density at radius 3 is 2.60 bits per heavy atom. The number of nitrogens with zero attached hydrogens (tertiary/aromatic N) is 1. The Morgan fingerprint density at radius 1 is 1.27 bits per heavy atom. The van der Waals surface area contributed by atoms with Gasteiger partial charge in [0.2, 0.25) is 0 Å². The Labute approximate surface area is 92.6 Å². The number of hydrogen-bond acceptors (Lipinski definition) is 3. The Hall–Kier alpha value is -0.120. The van der Waals surface area contributed by atoms with Crippen molar-refractivity contribution in [1.29, 1.82) is 0 Å². The minimum absolute atomic E-state index is 0.320. The molecule has 1 heterocycles. The lowest BCUT2D eigenvalue weighted by molar-refractivity contribution is 0.107. The van der Waals surface area contributed by atoms with Gasteiger partial charge in [-0.05, 0) is 44.2 Å². The van der Waals surface area contributed by atoms with Crippen LogP contribution in [0.25, 0.3) is 0 Å². The first-order valence-corrected chi connectivity index (χ1v) is 6.35. The average Bonchev–Trinajstić information content (AvgIpc) is 2.88. The lowest BCUT2D eigenvalue weighted by Gasteiger charge is -2.35. The van der Waals surface area contributed by atoms with Crippen molar-refractivity contribution in [1.82, 2.24) is 4.90 Å². The molecule has 1 atom stereocenters. The van der Waals surface area contributed by atoms with E-state index in [9.17, 15) is 5.11 Å². The largest absolute Gasteiger partial charge is 0.395 e. The van der Waals surface area contributed by atoms with Crippen molar-refractivity contribution in [2.45, 2.75) is 44.6 Å². The van der Waals surface area contributed by atoms with E-state index in [1.54, 1.807) is 0 Å². The fourth-order valence-electron chi connectivity index (χ4n) is 3.29. The summed E-state index contributed by atoms with van der Waals surface area (Å²) in [4.78, 5) is 2.47. The first kappa shape index (κ1) is 11.4. The molecule has 0 aromatic heterocycles. The zero-order chi connectivity index (χ0) is 10.7. The number of nitrogens with two attached hydrogens (primary N) is 1. The van der Waals surface area contributed by atoms with Crippen LogP contribution in [0.5, 0.6) is 0 Å². The normalized spacial score (nSPS) is 31.2. The van der Waals surface area contributed by atoms with E-state index in [1.807, 2.05) is 0 Å². The van der Waals surface area contributed by atoms with Gasteiger partial charge in [0.1, 0.15) is 0 Å². The summed E-state index contributed by atoms with van der Waals surface area (Å²) < 4.78 is 0. The van der Waals surface area contributed by atoms with Gasteiger partial charge in [0.05, 0.1) is 6.61 Å². The van der Waals surface area contributed by atoms with Crippen LogP contribution in [0.1, 0.15) is 38.5 Å². The molecule has 0 aromatic rings. The SMILES string of the molecule is NCC1(CN2CCCC2CO)CCCC1. The highest BCUT2D eigenvalue weighted by molar-refractivity contribution is 4.91. The highest BCUT2D eigenvalue weighted by Gasteiger charge is 2.37. The van der Waals surface area contributed by atoms with E-state index in [0.29, 0.717) is 18.1 Å². The molecule has 2 fully saturated rings. The summed E-state index contributed by atoms with van der Waals surface area (Å²) in [5, 5.41) is 9.29. The van der Waals surface area contributed by atoms with Gasteiger partial charge in [-0.25, -0.2) is 0 Å². The minimum Gasteiger partial charge on any atom is -0.395 e. The number of rotatable bonds is 4. The van der Waals surface area contributed by atoms with Crippen molar-refractivity contribution in [2.75, 3.05) is 26.2 Å². The zero-order valence-corrected chi connectivity index (χ0v) is 9.62. The summed E-state index contributed by atoms with van der Waals surface area (Å²) in [6, 6.07) is 0.411. The second kappa shape index (κ2) is 4.81. The third-order valence-electron chi connectivity index (χ3n) is 4.35. The van der Waals surface area contributed by atoms with E-state index < -0.39 is 0 Å². The molecule has 3 N–H and O–H groups in total. The standard InChI is InChI=1S/C12H24N2O/c13-9-12(5-1-2-6-12)10-14-7-3-4-11(14)8-15/h11,15H,1-10,13H2. The van der Waals surface area contributed by atoms with Crippen LogP contribution in [-0.4, -0.2) is 42.3 Å². The highest BCUT2D eigenvalue weighted by Crippen LogP contribution is 2.39. The first-order valence-electron chi connectivity index (χ1n) is 6.35. The molecule has 2 rings (SSSR count). The third kappa shape index (κ3) is 2.35. The molecule has 88 valence electrons. The second-order valence-corrected chi connectivity index (χ2v) is 5.36. The lowest BCUT2D eigenvalue weighted by atomic mass is 9.85. The van der Waals surface area contributed by atoms with Gasteiger partial charge in [0.15, 0.2) is 0 Å². The molecule has 0 radical (unpaired) electrons. The van der Waals surface area contributed by atoms with Crippen LogP contribution in [0, 0.1) is 5.41 Å². The molecule has 0 bridgehead atoms. The summed E-state index contributed by atoms with van der Waals surface area (Å²) in [6.07, 6.45) is 7.67. The van der Waals surface area contributed by atoms with E-state index in [0.717, 1.165) is 26.1 Å². The van der Waals surface area contributed by atoms with Crippen molar-refractivity contribution in [3.63, 3.8) is 0 Å². The Bertz CT molecular complexity index is 202. The summed E-state index contributed by atoms with van der Waals surface area (Å²) in [7, 11) is 0. The smallest absolute Gasteiger partial charge is 0.0586 e. The molecule has 1 aliphatic heterocycles. The summed E-state index contributed by atoms with van der Waals surface area (Å²) in [5.41, 5.74) is 6.32. The van der Waals surface area contributed by atoms with Gasteiger partial charge in [-0.15, -0.1) is 0 Å². The van der Waals surface area contributed by atoms with Crippen molar-refractivity contribution >= 4 is 0 Å². The second-order valence-electron chi connectivity index (χ2n) is 5.36. The Balaban J connectivity index is 1.94. The Kier molecular flexibility index (Phi) is 3.65. The van der Waals surface area contributed by atoms with Crippen molar-refractivity contribution < 1.29 is 5.11 Å². The van der Waals surface area contributed by atoms with Crippen LogP contribution in [0.15, 0.2) is 0 Å². The van der Waals surface area contributed by atoms with E-state index >= 15 is 0 Å². The maximum absolute atomic E-state index is 9.29. The van der Waals surface area contributed by atoms with Gasteiger partial charge in [0, 0.05) is 12.6 Å². The number of aliphatic hydroxyl groups excluding tert-OH is 1. The summed E-state index contributed by atoms with van der Waals surface area (Å²) in [6.45, 7) is 3.42. The van der Waals surface area contributed by atoms with Gasteiger partial charge in [-0.2, -0.15) is 0 Å². The predicted molar refractivity (Wildman–Crippen MR) is 61.6 cm³/mol. The van der Waals surface area contributed by atoms with Crippen molar-refractivity contribution in [3.8, 4) is 0 Å². The van der Waals surface area contributed by atoms with E-state index in [1.165, 1.54) is 32.1 Å². The van der Waals surface area contributed by atoms with Crippen LogP contribution in [-0.2, 0) is 0 Å². The fraction of sp³-hybridized carbons (Fsp3) is 1.00. The topological polar surface area (TPSA) is 49.5 Å². The molecule has 0 spiro atoms. The monoisotopic (exact) mass is 212 g/mol. The molecule has 0 aromatic carbocycles. The number of aliphatic hydroxyl groups is 1. The molecule has 2 aliphatic rings. The van der Waals surface area contributed by atoms with Crippen molar-refractivity contribution in [3.05, 3.63) is 0 Å². The van der Waals surface area contributed by atoms with Crippen LogP contribution in [0.2, 0.25) is 0 Å². The van der Waals surface area contributed by atoms with Crippen LogP contribution in [0.4, 0.5) is 0 Å². The third-order valence-corrected chi connectivity index (χ3v) is 4.35. The summed E-state index contributed by atoms with van der Waals surface area (Å²) >= 11 is 0. The molecular formula is C12H24N2O. The molecule has 0 amide bonds. The van der Waals surface area contributed by atoms with Gasteiger partial charge >= 0.3 is 0 Å². The Morgan fingerprint density at radius 2 is 2.00 bits per heavy atom. The molecule has 3 nitrogen and oxygen atoms in total. The van der Waals surface area contributed by atoms with Crippen LogP contribution < -0.4 is 5.73 Å². The number of hydrogen-bond donors (Lipinski definition) is 2. The van der Waals surface area contributed by atoms with Gasteiger partial charge in [-0.1, -0.05) is 12.8 Å². The zero-order valence-electron chi connectivity index (χ0n) is 9.62. The summed E-state index contributed by atoms with van der Waals surface area (Å²) in [5.74, 6) is 0. The van der Waals surface area contributed by atoms with Crippen LogP contribution in [0.3, 0.4) is 0 Å². The van der Waals surface area contributed by atoms with E-state index in [2.05, 4.69) is 4.90 Å². The van der Waals surface area contributed by atoms with Gasteiger partial charge < -0.3 is 10.8 Å². The maximum Gasteiger partial charge on any atom is 0.0586 e. The molecule has 15 heavy (non-hydrogen) atoms. The molecule has 1 aliphatic carbocycles. The minimum atomic E-state index is 0.320. The van der Waals surface area contributed by atoms with Gasteiger partial charge in [-0.3, -0.25) is 4.90 Å². The number of likely N-dealkylation sites (tertiary alicyclic amines) is 1. The molecular weight excluding hydrogens is 188 g/mol. The van der Waals surface area contributed by atoms with E-state index in [4.69, 9.17) is 5.73 Å². The molecule has 1 unspecified atom stereocenters. The fourth-order valence-corrected chi connectivity index (χ4v) is 3.29. The predicted octanol–water partition coefficient (Wildman–Crippen LogP) is 0.962. The highest BCUT2D eigenvalue weighted by atomic mass is 16.3. The van der Waals surface area contributed by atoms with Crippen LogP contribution >= 0.6 is 0 Å². The first-order chi connectivity index (χ1) is 7.29. The molecule has 1 saturated carbocycles.